The first-order valence-corrected chi connectivity index (χ1v) is 7.24. The topological polar surface area (TPSA) is 52.6 Å². The number of carbonyl (C=O) groups excluding carboxylic acids is 2. The van der Waals surface area contributed by atoms with Gasteiger partial charge in [0.15, 0.2) is 12.4 Å². The molecule has 4 nitrogen and oxygen atoms in total. The molecule has 0 fully saturated rings. The van der Waals surface area contributed by atoms with Gasteiger partial charge in [-0.3, -0.25) is 4.79 Å². The summed E-state index contributed by atoms with van der Waals surface area (Å²) in [4.78, 5) is 23.5. The second kappa shape index (κ2) is 8.15. The Hall–Kier alpha value is -2.59. The van der Waals surface area contributed by atoms with Gasteiger partial charge in [-0.25, -0.2) is 4.79 Å². The fourth-order valence-corrected chi connectivity index (χ4v) is 2.02. The molecule has 0 aromatic heterocycles. The number of halogens is 1. The lowest BCUT2D eigenvalue weighted by molar-refractivity contribution is -0.136. The maximum Gasteiger partial charge on any atom is 0.331 e. The van der Waals surface area contributed by atoms with Crippen molar-refractivity contribution in [2.24, 2.45) is 0 Å². The second-order valence-electron chi connectivity index (χ2n) is 4.65. The van der Waals surface area contributed by atoms with Crippen molar-refractivity contribution < 1.29 is 19.1 Å². The van der Waals surface area contributed by atoms with E-state index in [1.54, 1.807) is 61.7 Å². The van der Waals surface area contributed by atoms with Gasteiger partial charge in [-0.1, -0.05) is 23.7 Å². The zero-order valence-electron chi connectivity index (χ0n) is 12.5. The highest BCUT2D eigenvalue weighted by molar-refractivity contribution is 6.30. The van der Waals surface area contributed by atoms with Gasteiger partial charge in [0.1, 0.15) is 5.75 Å². The van der Waals surface area contributed by atoms with Crippen LogP contribution in [0.3, 0.4) is 0 Å². The zero-order chi connectivity index (χ0) is 16.7. The minimum atomic E-state index is -0.591. The van der Waals surface area contributed by atoms with E-state index in [0.29, 0.717) is 16.3 Å². The van der Waals surface area contributed by atoms with Gasteiger partial charge in [-0.15, -0.1) is 0 Å². The number of Topliss-reactive ketones (excluding diaryl/α,β-unsaturated/α-hetero) is 1. The van der Waals surface area contributed by atoms with E-state index in [4.69, 9.17) is 21.1 Å². The Morgan fingerprint density at radius 2 is 1.87 bits per heavy atom. The Morgan fingerprint density at radius 3 is 2.52 bits per heavy atom. The minimum absolute atomic E-state index is 0.280. The molecule has 5 heteroatoms. The molecular weight excluding hydrogens is 316 g/mol. The Balaban J connectivity index is 1.87. The molecule has 0 aliphatic heterocycles. The van der Waals surface area contributed by atoms with Crippen LogP contribution in [0.25, 0.3) is 6.08 Å². The Bertz CT molecular complexity index is 720. The predicted octanol–water partition coefficient (Wildman–Crippen LogP) is 3.79. The van der Waals surface area contributed by atoms with Crippen LogP contribution in [-0.2, 0) is 9.53 Å². The van der Waals surface area contributed by atoms with Gasteiger partial charge in [0.2, 0.25) is 0 Å². The highest BCUT2D eigenvalue weighted by Crippen LogP contribution is 2.13. The van der Waals surface area contributed by atoms with Crippen molar-refractivity contribution in [3.8, 4) is 5.75 Å². The van der Waals surface area contributed by atoms with Crippen LogP contribution < -0.4 is 4.74 Å². The summed E-state index contributed by atoms with van der Waals surface area (Å²) in [6.45, 7) is -0.314. The lowest BCUT2D eigenvalue weighted by atomic mass is 10.1. The first-order chi connectivity index (χ1) is 11.1. The molecule has 0 aliphatic rings. The molecule has 0 amide bonds. The normalized spacial score (nSPS) is 10.5. The molecular formula is C18H15ClO4. The van der Waals surface area contributed by atoms with Crippen LogP contribution in [-0.4, -0.2) is 25.5 Å². The summed E-state index contributed by atoms with van der Waals surface area (Å²) in [5, 5.41) is 0.579. The van der Waals surface area contributed by atoms with Crippen LogP contribution in [0, 0.1) is 0 Å². The van der Waals surface area contributed by atoms with E-state index < -0.39 is 5.97 Å². The van der Waals surface area contributed by atoms with Gasteiger partial charge < -0.3 is 9.47 Å². The summed E-state index contributed by atoms with van der Waals surface area (Å²) in [5.41, 5.74) is 1.23. The molecule has 0 heterocycles. The van der Waals surface area contributed by atoms with Gasteiger partial charge in [0.05, 0.1) is 7.11 Å². The highest BCUT2D eigenvalue weighted by Gasteiger charge is 2.08. The second-order valence-corrected chi connectivity index (χ2v) is 5.08. The van der Waals surface area contributed by atoms with E-state index in [0.717, 1.165) is 5.56 Å². The van der Waals surface area contributed by atoms with Gasteiger partial charge in [0, 0.05) is 16.7 Å². The molecule has 0 aliphatic carbocycles. The summed E-state index contributed by atoms with van der Waals surface area (Å²) < 4.78 is 9.94. The number of methoxy groups -OCH3 is 1. The molecule has 0 unspecified atom stereocenters. The van der Waals surface area contributed by atoms with E-state index >= 15 is 0 Å². The molecule has 2 rings (SSSR count). The van der Waals surface area contributed by atoms with Crippen molar-refractivity contribution >= 4 is 29.4 Å². The summed E-state index contributed by atoms with van der Waals surface area (Å²) in [7, 11) is 1.55. The quantitative estimate of drug-likeness (QED) is 0.459. The van der Waals surface area contributed by atoms with Crippen LogP contribution in [0.1, 0.15) is 15.9 Å². The van der Waals surface area contributed by atoms with Crippen molar-refractivity contribution in [1.82, 2.24) is 0 Å². The third kappa shape index (κ3) is 5.27. The van der Waals surface area contributed by atoms with Gasteiger partial charge in [-0.05, 0) is 48.0 Å². The first kappa shape index (κ1) is 16.8. The summed E-state index contributed by atoms with van der Waals surface area (Å²) in [5.74, 6) is -0.216. The van der Waals surface area contributed by atoms with Crippen molar-refractivity contribution in [2.45, 2.75) is 0 Å². The predicted molar refractivity (Wildman–Crippen MR) is 88.8 cm³/mol. The van der Waals surface area contributed by atoms with E-state index in [1.165, 1.54) is 6.08 Å². The van der Waals surface area contributed by atoms with E-state index in [9.17, 15) is 9.59 Å². The fourth-order valence-electron chi connectivity index (χ4n) is 1.82. The van der Waals surface area contributed by atoms with Gasteiger partial charge in [0.25, 0.3) is 0 Å². The standard InChI is InChI=1S/C18H15ClO4/c1-22-16-8-6-14(7-9-16)17(20)12-23-18(21)10-5-13-3-2-4-15(19)11-13/h2-11H,12H2,1H3/b10-5+. The van der Waals surface area contributed by atoms with Crippen LogP contribution in [0.5, 0.6) is 5.75 Å². The number of esters is 1. The number of hydrogen-bond acceptors (Lipinski definition) is 4. The average molecular weight is 331 g/mol. The molecule has 23 heavy (non-hydrogen) atoms. The molecule has 2 aromatic rings. The molecule has 0 bridgehead atoms. The largest absolute Gasteiger partial charge is 0.497 e. The van der Waals surface area contributed by atoms with Crippen LogP contribution in [0.2, 0.25) is 5.02 Å². The van der Waals surface area contributed by atoms with Crippen LogP contribution in [0.15, 0.2) is 54.6 Å². The highest BCUT2D eigenvalue weighted by atomic mass is 35.5. The monoisotopic (exact) mass is 330 g/mol. The number of ketones is 1. The molecule has 0 saturated carbocycles. The van der Waals surface area contributed by atoms with Crippen molar-refractivity contribution in [3.63, 3.8) is 0 Å². The van der Waals surface area contributed by atoms with E-state index in [-0.39, 0.29) is 12.4 Å². The zero-order valence-corrected chi connectivity index (χ0v) is 13.2. The molecule has 2 aromatic carbocycles. The Morgan fingerprint density at radius 1 is 1.13 bits per heavy atom. The van der Waals surface area contributed by atoms with E-state index in [1.807, 2.05) is 0 Å². The lowest BCUT2D eigenvalue weighted by Gasteiger charge is -2.03. The SMILES string of the molecule is COc1ccc(C(=O)COC(=O)/C=C/c2cccc(Cl)c2)cc1. The maximum atomic E-state index is 11.9. The summed E-state index contributed by atoms with van der Waals surface area (Å²) in [6.07, 6.45) is 2.83. The number of benzene rings is 2. The number of rotatable bonds is 6. The van der Waals surface area contributed by atoms with Gasteiger partial charge in [-0.2, -0.15) is 0 Å². The first-order valence-electron chi connectivity index (χ1n) is 6.86. The summed E-state index contributed by atoms with van der Waals surface area (Å²) >= 11 is 5.85. The average Bonchev–Trinajstić information content (AvgIpc) is 2.58. The number of ether oxygens (including phenoxy) is 2. The molecule has 0 atom stereocenters. The van der Waals surface area contributed by atoms with Gasteiger partial charge >= 0.3 is 5.97 Å². The van der Waals surface area contributed by atoms with E-state index in [2.05, 4.69) is 0 Å². The van der Waals surface area contributed by atoms with Crippen molar-refractivity contribution in [2.75, 3.05) is 13.7 Å². The molecule has 0 spiro atoms. The Labute approximate surface area is 139 Å². The van der Waals surface area contributed by atoms with Crippen molar-refractivity contribution in [3.05, 3.63) is 70.8 Å². The lowest BCUT2D eigenvalue weighted by Crippen LogP contribution is -2.12. The third-order valence-electron chi connectivity index (χ3n) is 3.02. The fraction of sp³-hybridized carbons (Fsp3) is 0.111. The number of hydrogen-bond donors (Lipinski definition) is 0. The van der Waals surface area contributed by atoms with Crippen LogP contribution >= 0.6 is 11.6 Å². The van der Waals surface area contributed by atoms with Crippen molar-refractivity contribution in [1.29, 1.82) is 0 Å². The molecule has 118 valence electrons. The Kier molecular flexibility index (Phi) is 5.94. The smallest absolute Gasteiger partial charge is 0.331 e. The van der Waals surface area contributed by atoms with Crippen LogP contribution in [0.4, 0.5) is 0 Å². The third-order valence-corrected chi connectivity index (χ3v) is 3.25. The maximum absolute atomic E-state index is 11.9. The molecule has 0 saturated heterocycles. The minimum Gasteiger partial charge on any atom is -0.497 e. The molecule has 0 radical (unpaired) electrons. The molecule has 0 N–H and O–H groups in total. The summed E-state index contributed by atoms with van der Waals surface area (Å²) in [6, 6.07) is 13.6. The number of carbonyl (C=O) groups is 2.